The summed E-state index contributed by atoms with van der Waals surface area (Å²) in [7, 11) is 1.96. The summed E-state index contributed by atoms with van der Waals surface area (Å²) >= 11 is 0. The van der Waals surface area contributed by atoms with Gasteiger partial charge in [-0.3, -0.25) is 4.79 Å². The lowest BCUT2D eigenvalue weighted by Gasteiger charge is -2.32. The molecule has 0 radical (unpaired) electrons. The van der Waals surface area contributed by atoms with E-state index in [0.29, 0.717) is 22.9 Å². The zero-order chi connectivity index (χ0) is 14.7. The summed E-state index contributed by atoms with van der Waals surface area (Å²) in [5, 5.41) is 7.18. The number of hydrogen-bond acceptors (Lipinski definition) is 4. The van der Waals surface area contributed by atoms with E-state index in [4.69, 9.17) is 4.52 Å². The average molecular weight is 279 g/mol. The second-order valence-electron chi connectivity index (χ2n) is 5.98. The number of likely N-dealkylation sites (tertiary alicyclic amines) is 1. The number of carbonyl (C=O) groups is 1. The van der Waals surface area contributed by atoms with Crippen molar-refractivity contribution < 1.29 is 9.32 Å². The number of aromatic nitrogens is 1. The van der Waals surface area contributed by atoms with Gasteiger partial charge in [0.15, 0.2) is 5.76 Å². The van der Waals surface area contributed by atoms with Crippen molar-refractivity contribution in [1.82, 2.24) is 15.4 Å². The van der Waals surface area contributed by atoms with Crippen LogP contribution < -0.4 is 5.32 Å². The summed E-state index contributed by atoms with van der Waals surface area (Å²) in [6.45, 7) is 8.51. The molecule has 2 rings (SSSR count). The number of hydrogen-bond donors (Lipinski definition) is 1. The lowest BCUT2D eigenvalue weighted by molar-refractivity contribution is 0.0670. The van der Waals surface area contributed by atoms with Crippen molar-refractivity contribution >= 4 is 5.91 Å². The fourth-order valence-electron chi connectivity index (χ4n) is 2.90. The molecule has 5 nitrogen and oxygen atoms in total. The van der Waals surface area contributed by atoms with Crippen molar-refractivity contribution in [3.63, 3.8) is 0 Å². The molecule has 1 fully saturated rings. The molecule has 20 heavy (non-hydrogen) atoms. The molecule has 0 aromatic carbocycles. The standard InChI is InChI=1S/C15H25N3O2/c1-10(2)14-13(11(3)17-20-14)15(19)18-7-5-6-12(9-18)8-16-4/h10,12,16H,5-9H2,1-4H3. The molecule has 0 bridgehead atoms. The molecule has 1 amide bonds. The Morgan fingerprint density at radius 1 is 1.55 bits per heavy atom. The molecule has 0 aliphatic carbocycles. The van der Waals surface area contributed by atoms with E-state index in [1.54, 1.807) is 0 Å². The van der Waals surface area contributed by atoms with Crippen LogP contribution in [0.5, 0.6) is 0 Å². The molecule has 5 heteroatoms. The Balaban J connectivity index is 2.16. The van der Waals surface area contributed by atoms with Gasteiger partial charge in [-0.25, -0.2) is 0 Å². The summed E-state index contributed by atoms with van der Waals surface area (Å²) < 4.78 is 5.33. The monoisotopic (exact) mass is 279 g/mol. The molecule has 1 aromatic heterocycles. The van der Waals surface area contributed by atoms with E-state index in [0.717, 1.165) is 26.1 Å². The summed E-state index contributed by atoms with van der Waals surface area (Å²) in [5.74, 6) is 1.50. The molecule has 1 aliphatic rings. The SMILES string of the molecule is CNCC1CCCN(C(=O)c2c(C)noc2C(C)C)C1. The first kappa shape index (κ1) is 15.0. The topological polar surface area (TPSA) is 58.4 Å². The van der Waals surface area contributed by atoms with E-state index in [1.807, 2.05) is 32.7 Å². The van der Waals surface area contributed by atoms with Gasteiger partial charge in [-0.1, -0.05) is 19.0 Å². The van der Waals surface area contributed by atoms with Crippen molar-refractivity contribution in [2.24, 2.45) is 5.92 Å². The molecule has 1 saturated heterocycles. The van der Waals surface area contributed by atoms with Gasteiger partial charge >= 0.3 is 0 Å². The summed E-state index contributed by atoms with van der Waals surface area (Å²) in [6, 6.07) is 0. The second kappa shape index (κ2) is 6.39. The molecule has 1 aromatic rings. The molecule has 112 valence electrons. The van der Waals surface area contributed by atoms with Crippen molar-refractivity contribution in [1.29, 1.82) is 0 Å². The van der Waals surface area contributed by atoms with E-state index in [-0.39, 0.29) is 11.8 Å². The van der Waals surface area contributed by atoms with E-state index >= 15 is 0 Å². The molecule has 1 N–H and O–H groups in total. The predicted octanol–water partition coefficient (Wildman–Crippen LogP) is 2.18. The van der Waals surface area contributed by atoms with Gasteiger partial charge in [0.2, 0.25) is 0 Å². The third-order valence-electron chi connectivity index (χ3n) is 3.93. The second-order valence-corrected chi connectivity index (χ2v) is 5.98. The minimum Gasteiger partial charge on any atom is -0.360 e. The molecule has 1 aliphatic heterocycles. The van der Waals surface area contributed by atoms with E-state index < -0.39 is 0 Å². The number of nitrogens with one attached hydrogen (secondary N) is 1. The molecule has 0 saturated carbocycles. The largest absolute Gasteiger partial charge is 0.360 e. The smallest absolute Gasteiger partial charge is 0.259 e. The van der Waals surface area contributed by atoms with Crippen molar-refractivity contribution in [3.8, 4) is 0 Å². The molecule has 1 atom stereocenters. The molecular formula is C15H25N3O2. The highest BCUT2D eigenvalue weighted by molar-refractivity contribution is 5.96. The summed E-state index contributed by atoms with van der Waals surface area (Å²) in [5.41, 5.74) is 1.37. The Morgan fingerprint density at radius 2 is 2.30 bits per heavy atom. The van der Waals surface area contributed by atoms with Crippen LogP contribution in [0.25, 0.3) is 0 Å². The highest BCUT2D eigenvalue weighted by atomic mass is 16.5. The van der Waals surface area contributed by atoms with Crippen LogP contribution in [0.4, 0.5) is 0 Å². The zero-order valence-corrected chi connectivity index (χ0v) is 12.9. The normalized spacial score (nSPS) is 19.6. The summed E-state index contributed by atoms with van der Waals surface area (Å²) in [6.07, 6.45) is 2.25. The average Bonchev–Trinajstić information content (AvgIpc) is 2.81. The van der Waals surface area contributed by atoms with Gasteiger partial charge in [-0.15, -0.1) is 0 Å². The number of nitrogens with zero attached hydrogens (tertiary/aromatic N) is 2. The Labute approximate surface area is 120 Å². The minimum absolute atomic E-state index is 0.0771. The van der Waals surface area contributed by atoms with Gasteiger partial charge in [0.1, 0.15) is 5.56 Å². The number of piperidine rings is 1. The van der Waals surface area contributed by atoms with Gasteiger partial charge < -0.3 is 14.7 Å². The first-order valence-electron chi connectivity index (χ1n) is 7.44. The number of aryl methyl sites for hydroxylation is 1. The van der Waals surface area contributed by atoms with Crippen LogP contribution in [-0.2, 0) is 0 Å². The van der Waals surface area contributed by atoms with Crippen molar-refractivity contribution in [3.05, 3.63) is 17.0 Å². The first-order chi connectivity index (χ1) is 9.54. The van der Waals surface area contributed by atoms with Gasteiger partial charge in [-0.2, -0.15) is 0 Å². The number of rotatable bonds is 4. The maximum absolute atomic E-state index is 12.8. The van der Waals surface area contributed by atoms with Gasteiger partial charge in [0.05, 0.1) is 5.69 Å². The van der Waals surface area contributed by atoms with Gasteiger partial charge in [0, 0.05) is 19.0 Å². The Kier molecular flexibility index (Phi) is 4.81. The van der Waals surface area contributed by atoms with Crippen LogP contribution in [0.1, 0.15) is 54.4 Å². The van der Waals surface area contributed by atoms with Crippen LogP contribution in [-0.4, -0.2) is 42.6 Å². The lowest BCUT2D eigenvalue weighted by atomic mass is 9.96. The van der Waals surface area contributed by atoms with Gasteiger partial charge in [-0.05, 0) is 39.3 Å². The zero-order valence-electron chi connectivity index (χ0n) is 12.9. The maximum Gasteiger partial charge on any atom is 0.259 e. The fourth-order valence-corrected chi connectivity index (χ4v) is 2.90. The van der Waals surface area contributed by atoms with Crippen LogP contribution in [0.15, 0.2) is 4.52 Å². The minimum atomic E-state index is 0.0771. The maximum atomic E-state index is 12.8. The summed E-state index contributed by atoms with van der Waals surface area (Å²) in [4.78, 5) is 14.7. The molecule has 1 unspecified atom stereocenters. The molecule has 0 spiro atoms. The Morgan fingerprint density at radius 3 is 2.95 bits per heavy atom. The lowest BCUT2D eigenvalue weighted by Crippen LogP contribution is -2.42. The van der Waals surface area contributed by atoms with E-state index in [9.17, 15) is 4.79 Å². The third-order valence-corrected chi connectivity index (χ3v) is 3.93. The van der Waals surface area contributed by atoms with Crippen LogP contribution in [0.2, 0.25) is 0 Å². The number of carbonyl (C=O) groups excluding carboxylic acids is 1. The van der Waals surface area contributed by atoms with E-state index in [2.05, 4.69) is 10.5 Å². The molecular weight excluding hydrogens is 254 g/mol. The highest BCUT2D eigenvalue weighted by Crippen LogP contribution is 2.25. The fraction of sp³-hybridized carbons (Fsp3) is 0.733. The first-order valence-corrected chi connectivity index (χ1v) is 7.44. The van der Waals surface area contributed by atoms with Crippen LogP contribution >= 0.6 is 0 Å². The molecule has 2 heterocycles. The third kappa shape index (κ3) is 3.03. The quantitative estimate of drug-likeness (QED) is 0.917. The van der Waals surface area contributed by atoms with Crippen LogP contribution in [0, 0.1) is 12.8 Å². The predicted molar refractivity (Wildman–Crippen MR) is 77.9 cm³/mol. The van der Waals surface area contributed by atoms with Crippen molar-refractivity contribution in [2.45, 2.75) is 39.5 Å². The van der Waals surface area contributed by atoms with E-state index in [1.165, 1.54) is 6.42 Å². The van der Waals surface area contributed by atoms with Crippen LogP contribution in [0.3, 0.4) is 0 Å². The number of amides is 1. The van der Waals surface area contributed by atoms with Crippen molar-refractivity contribution in [2.75, 3.05) is 26.7 Å². The van der Waals surface area contributed by atoms with Gasteiger partial charge in [0.25, 0.3) is 5.91 Å². The highest BCUT2D eigenvalue weighted by Gasteiger charge is 2.29. The Bertz CT molecular complexity index is 466. The Hall–Kier alpha value is -1.36.